The maximum absolute atomic E-state index is 13.0. The van der Waals surface area contributed by atoms with E-state index in [9.17, 15) is 4.39 Å². The van der Waals surface area contributed by atoms with Crippen molar-refractivity contribution in [3.05, 3.63) is 35.6 Å². The fourth-order valence-corrected chi connectivity index (χ4v) is 1.65. The van der Waals surface area contributed by atoms with Gasteiger partial charge in [-0.3, -0.25) is 0 Å². The molecule has 0 heterocycles. The molecule has 0 radical (unpaired) electrons. The Morgan fingerprint density at radius 3 is 2.67 bits per heavy atom. The first kappa shape index (κ1) is 12.1. The molecule has 15 heavy (non-hydrogen) atoms. The van der Waals surface area contributed by atoms with Crippen molar-refractivity contribution >= 4 is 0 Å². The van der Waals surface area contributed by atoms with Gasteiger partial charge in [-0.1, -0.05) is 12.1 Å². The predicted octanol–water partition coefficient (Wildman–Crippen LogP) is 1.52. The lowest BCUT2D eigenvalue weighted by atomic mass is 10.1. The van der Waals surface area contributed by atoms with Crippen molar-refractivity contribution in [2.24, 2.45) is 0 Å². The van der Waals surface area contributed by atoms with Crippen molar-refractivity contribution in [3.8, 4) is 0 Å². The smallest absolute Gasteiger partial charge is 0.123 e. The first-order chi connectivity index (χ1) is 7.11. The van der Waals surface area contributed by atoms with E-state index in [1.807, 2.05) is 27.2 Å². The fraction of sp³-hybridized carbons (Fsp3) is 0.500. The molecule has 0 spiro atoms. The molecule has 0 fully saturated rings. The summed E-state index contributed by atoms with van der Waals surface area (Å²) in [5.41, 5.74) is 1.04. The molecule has 0 saturated heterocycles. The second-order valence-electron chi connectivity index (χ2n) is 4.08. The van der Waals surface area contributed by atoms with Gasteiger partial charge in [-0.2, -0.15) is 0 Å². The van der Waals surface area contributed by atoms with Crippen LogP contribution >= 0.6 is 0 Å². The van der Waals surface area contributed by atoms with Gasteiger partial charge in [0.15, 0.2) is 0 Å². The molecule has 0 aliphatic heterocycles. The summed E-state index contributed by atoms with van der Waals surface area (Å²) >= 11 is 0. The van der Waals surface area contributed by atoms with Crippen molar-refractivity contribution in [2.45, 2.75) is 12.5 Å². The van der Waals surface area contributed by atoms with Gasteiger partial charge in [0.1, 0.15) is 5.82 Å². The average molecular weight is 210 g/mol. The van der Waals surface area contributed by atoms with E-state index >= 15 is 0 Å². The van der Waals surface area contributed by atoms with Gasteiger partial charge in [0.25, 0.3) is 0 Å². The third-order valence-electron chi connectivity index (χ3n) is 2.36. The Bertz CT molecular complexity index is 299. The largest absolute Gasteiger partial charge is 0.315 e. The van der Waals surface area contributed by atoms with Gasteiger partial charge < -0.3 is 10.2 Å². The van der Waals surface area contributed by atoms with Crippen LogP contribution in [-0.2, 0) is 6.42 Å². The summed E-state index contributed by atoms with van der Waals surface area (Å²) in [4.78, 5) is 2.13. The molecule has 3 heteroatoms. The summed E-state index contributed by atoms with van der Waals surface area (Å²) in [6.45, 7) is 0.951. The Labute approximate surface area is 91.1 Å². The Morgan fingerprint density at radius 2 is 2.13 bits per heavy atom. The lowest BCUT2D eigenvalue weighted by molar-refractivity contribution is 0.346. The van der Waals surface area contributed by atoms with Crippen LogP contribution in [0.2, 0.25) is 0 Å². The molecule has 1 rings (SSSR count). The molecule has 0 aromatic heterocycles. The number of halogens is 1. The van der Waals surface area contributed by atoms with E-state index in [4.69, 9.17) is 0 Å². The van der Waals surface area contributed by atoms with Crippen molar-refractivity contribution in [1.29, 1.82) is 0 Å². The van der Waals surface area contributed by atoms with Gasteiger partial charge in [0.2, 0.25) is 0 Å². The zero-order valence-corrected chi connectivity index (χ0v) is 9.63. The number of benzene rings is 1. The summed E-state index contributed by atoms with van der Waals surface area (Å²) in [7, 11) is 6.01. The topological polar surface area (TPSA) is 15.3 Å². The first-order valence-corrected chi connectivity index (χ1v) is 5.18. The van der Waals surface area contributed by atoms with Crippen LogP contribution in [-0.4, -0.2) is 38.6 Å². The third-order valence-corrected chi connectivity index (χ3v) is 2.36. The van der Waals surface area contributed by atoms with Gasteiger partial charge in [0.05, 0.1) is 0 Å². The van der Waals surface area contributed by atoms with Crippen LogP contribution in [0.25, 0.3) is 0 Å². The third kappa shape index (κ3) is 4.40. The van der Waals surface area contributed by atoms with Crippen molar-refractivity contribution in [1.82, 2.24) is 10.2 Å². The van der Waals surface area contributed by atoms with Crippen LogP contribution < -0.4 is 5.32 Å². The Kier molecular flexibility index (Phi) is 4.72. The molecule has 0 saturated carbocycles. The fourth-order valence-electron chi connectivity index (χ4n) is 1.65. The SMILES string of the molecule is CNC(Cc1cccc(F)c1)CN(C)C. The van der Waals surface area contributed by atoms with E-state index in [1.54, 1.807) is 12.1 Å². The number of likely N-dealkylation sites (N-methyl/N-ethyl adjacent to an activating group) is 2. The van der Waals surface area contributed by atoms with Gasteiger partial charge in [-0.05, 0) is 45.3 Å². The maximum atomic E-state index is 13.0. The van der Waals surface area contributed by atoms with E-state index in [-0.39, 0.29) is 5.82 Å². The number of rotatable bonds is 5. The maximum Gasteiger partial charge on any atom is 0.123 e. The average Bonchev–Trinajstić information content (AvgIpc) is 2.16. The van der Waals surface area contributed by atoms with E-state index in [1.165, 1.54) is 6.07 Å². The van der Waals surface area contributed by atoms with Crippen LogP contribution in [0.5, 0.6) is 0 Å². The van der Waals surface area contributed by atoms with E-state index in [0.29, 0.717) is 6.04 Å². The van der Waals surface area contributed by atoms with Crippen LogP contribution in [0, 0.1) is 5.82 Å². The molecule has 1 aromatic carbocycles. The highest BCUT2D eigenvalue weighted by Crippen LogP contribution is 2.06. The summed E-state index contributed by atoms with van der Waals surface area (Å²) < 4.78 is 13.0. The van der Waals surface area contributed by atoms with Gasteiger partial charge >= 0.3 is 0 Å². The minimum Gasteiger partial charge on any atom is -0.315 e. The molecule has 0 amide bonds. The van der Waals surface area contributed by atoms with Crippen LogP contribution in [0.1, 0.15) is 5.56 Å². The molecule has 0 bridgehead atoms. The van der Waals surface area contributed by atoms with Gasteiger partial charge in [0, 0.05) is 12.6 Å². The second kappa shape index (κ2) is 5.83. The van der Waals surface area contributed by atoms with Gasteiger partial charge in [-0.15, -0.1) is 0 Å². The highest BCUT2D eigenvalue weighted by atomic mass is 19.1. The molecule has 1 N–H and O–H groups in total. The number of nitrogens with one attached hydrogen (secondary N) is 1. The quantitative estimate of drug-likeness (QED) is 0.792. The molecule has 0 aliphatic carbocycles. The van der Waals surface area contributed by atoms with Crippen LogP contribution in [0.3, 0.4) is 0 Å². The van der Waals surface area contributed by atoms with E-state index in [0.717, 1.165) is 18.5 Å². The molecule has 84 valence electrons. The summed E-state index contributed by atoms with van der Waals surface area (Å²) in [5.74, 6) is -0.160. The standard InChI is InChI=1S/C12H19FN2/c1-14-12(9-15(2)3)8-10-5-4-6-11(13)7-10/h4-7,12,14H,8-9H2,1-3H3. The minimum atomic E-state index is -0.160. The molecular formula is C12H19FN2. The Balaban J connectivity index is 2.58. The Hall–Kier alpha value is -0.930. The Morgan fingerprint density at radius 1 is 1.40 bits per heavy atom. The number of hydrogen-bond donors (Lipinski definition) is 1. The molecule has 1 atom stereocenters. The molecule has 1 aromatic rings. The monoisotopic (exact) mass is 210 g/mol. The normalized spacial score (nSPS) is 13.1. The van der Waals surface area contributed by atoms with E-state index < -0.39 is 0 Å². The molecule has 2 nitrogen and oxygen atoms in total. The zero-order chi connectivity index (χ0) is 11.3. The summed E-state index contributed by atoms with van der Waals surface area (Å²) in [5, 5.41) is 3.24. The predicted molar refractivity (Wildman–Crippen MR) is 61.5 cm³/mol. The first-order valence-electron chi connectivity index (χ1n) is 5.18. The zero-order valence-electron chi connectivity index (χ0n) is 9.63. The lowest BCUT2D eigenvalue weighted by Crippen LogP contribution is -2.37. The number of hydrogen-bond acceptors (Lipinski definition) is 2. The highest BCUT2D eigenvalue weighted by Gasteiger charge is 2.08. The molecule has 0 aliphatic rings. The van der Waals surface area contributed by atoms with Crippen molar-refractivity contribution in [3.63, 3.8) is 0 Å². The number of nitrogens with zero attached hydrogens (tertiary/aromatic N) is 1. The van der Waals surface area contributed by atoms with Crippen LogP contribution in [0.15, 0.2) is 24.3 Å². The summed E-state index contributed by atoms with van der Waals surface area (Å²) in [6, 6.07) is 7.15. The van der Waals surface area contributed by atoms with Crippen LogP contribution in [0.4, 0.5) is 4.39 Å². The lowest BCUT2D eigenvalue weighted by Gasteiger charge is -2.20. The highest BCUT2D eigenvalue weighted by molar-refractivity contribution is 5.17. The second-order valence-corrected chi connectivity index (χ2v) is 4.08. The molecule has 1 unspecified atom stereocenters. The molecular weight excluding hydrogens is 191 g/mol. The van der Waals surface area contributed by atoms with E-state index in [2.05, 4.69) is 10.2 Å². The van der Waals surface area contributed by atoms with Crippen molar-refractivity contribution in [2.75, 3.05) is 27.7 Å². The van der Waals surface area contributed by atoms with Crippen molar-refractivity contribution < 1.29 is 4.39 Å². The van der Waals surface area contributed by atoms with Gasteiger partial charge in [-0.25, -0.2) is 4.39 Å². The minimum absolute atomic E-state index is 0.160. The summed E-state index contributed by atoms with van der Waals surface area (Å²) in [6.07, 6.45) is 0.854.